The first kappa shape index (κ1) is 17.1. The van der Waals surface area contributed by atoms with E-state index in [0.717, 1.165) is 30.0 Å². The summed E-state index contributed by atoms with van der Waals surface area (Å²) < 4.78 is 5.60. The summed E-state index contributed by atoms with van der Waals surface area (Å²) in [4.78, 5) is 16.7. The van der Waals surface area contributed by atoms with Crippen molar-refractivity contribution in [1.82, 2.24) is 10.3 Å². The van der Waals surface area contributed by atoms with Gasteiger partial charge in [0.2, 0.25) is 0 Å². The highest BCUT2D eigenvalue weighted by atomic mass is 32.1. The molecule has 6 heteroatoms. The molecule has 2 aromatic rings. The quantitative estimate of drug-likeness (QED) is 0.842. The Morgan fingerprint density at radius 2 is 2.25 bits per heavy atom. The van der Waals surface area contributed by atoms with Gasteiger partial charge in [0, 0.05) is 18.0 Å². The van der Waals surface area contributed by atoms with Crippen LogP contribution in [0.5, 0.6) is 0 Å². The summed E-state index contributed by atoms with van der Waals surface area (Å²) in [6, 6.07) is 9.31. The van der Waals surface area contributed by atoms with Gasteiger partial charge in [-0.3, -0.25) is 4.79 Å². The van der Waals surface area contributed by atoms with Gasteiger partial charge in [-0.15, -0.1) is 11.3 Å². The molecular formula is C18H22N2O3S. The van der Waals surface area contributed by atoms with E-state index in [0.29, 0.717) is 12.1 Å². The SMILES string of the molecule is CC(CC(O)c1ccccc1)NC(=O)c1csc(C2CCCO2)n1. The topological polar surface area (TPSA) is 71.5 Å². The van der Waals surface area contributed by atoms with E-state index in [9.17, 15) is 9.90 Å². The lowest BCUT2D eigenvalue weighted by atomic mass is 10.0. The third-order valence-electron chi connectivity index (χ3n) is 4.10. The fraction of sp³-hybridized carbons (Fsp3) is 0.444. The van der Waals surface area contributed by atoms with Crippen molar-refractivity contribution in [3.63, 3.8) is 0 Å². The van der Waals surface area contributed by atoms with Gasteiger partial charge >= 0.3 is 0 Å². The van der Waals surface area contributed by atoms with Crippen LogP contribution in [0.25, 0.3) is 0 Å². The van der Waals surface area contributed by atoms with E-state index in [1.54, 1.807) is 5.38 Å². The van der Waals surface area contributed by atoms with Crippen molar-refractivity contribution in [2.45, 2.75) is 44.4 Å². The van der Waals surface area contributed by atoms with E-state index >= 15 is 0 Å². The van der Waals surface area contributed by atoms with Crippen molar-refractivity contribution in [2.75, 3.05) is 6.61 Å². The molecule has 0 aliphatic carbocycles. The van der Waals surface area contributed by atoms with Crippen LogP contribution in [-0.2, 0) is 4.74 Å². The molecule has 1 aromatic carbocycles. The molecule has 0 bridgehead atoms. The molecule has 2 N–H and O–H groups in total. The summed E-state index contributed by atoms with van der Waals surface area (Å²) in [5.74, 6) is -0.205. The van der Waals surface area contributed by atoms with Gasteiger partial charge in [0.05, 0.1) is 6.10 Å². The van der Waals surface area contributed by atoms with Crippen LogP contribution in [-0.4, -0.2) is 28.6 Å². The van der Waals surface area contributed by atoms with Crippen LogP contribution in [0.4, 0.5) is 0 Å². The number of benzene rings is 1. The first-order valence-corrected chi connectivity index (χ1v) is 9.12. The highest BCUT2D eigenvalue weighted by Crippen LogP contribution is 2.30. The van der Waals surface area contributed by atoms with Crippen molar-refractivity contribution in [3.8, 4) is 0 Å². The number of thiazole rings is 1. The van der Waals surface area contributed by atoms with Crippen molar-refractivity contribution in [1.29, 1.82) is 0 Å². The molecule has 3 atom stereocenters. The standard InChI is InChI=1S/C18H22N2O3S/c1-12(10-15(21)13-6-3-2-4-7-13)19-17(22)14-11-24-18(20-14)16-8-5-9-23-16/h2-4,6-7,11-12,15-16,21H,5,8-10H2,1H3,(H,19,22). The highest BCUT2D eigenvalue weighted by Gasteiger charge is 2.23. The Kier molecular flexibility index (Phi) is 5.60. The first-order chi connectivity index (χ1) is 11.6. The second kappa shape index (κ2) is 7.88. The monoisotopic (exact) mass is 346 g/mol. The molecule has 0 saturated carbocycles. The number of nitrogens with one attached hydrogen (secondary N) is 1. The van der Waals surface area contributed by atoms with Crippen LogP contribution in [0.1, 0.15) is 59.5 Å². The maximum atomic E-state index is 12.3. The van der Waals surface area contributed by atoms with Gasteiger partial charge in [0.1, 0.15) is 16.8 Å². The van der Waals surface area contributed by atoms with Crippen LogP contribution in [0.15, 0.2) is 35.7 Å². The van der Waals surface area contributed by atoms with Crippen LogP contribution < -0.4 is 5.32 Å². The van der Waals surface area contributed by atoms with E-state index in [1.807, 2.05) is 37.3 Å². The predicted molar refractivity (Wildman–Crippen MR) is 93.0 cm³/mol. The predicted octanol–water partition coefficient (Wildman–Crippen LogP) is 3.24. The molecule has 5 nitrogen and oxygen atoms in total. The summed E-state index contributed by atoms with van der Waals surface area (Å²) in [5, 5.41) is 15.8. The molecule has 0 radical (unpaired) electrons. The molecule has 0 spiro atoms. The minimum Gasteiger partial charge on any atom is -0.388 e. The molecule has 128 valence electrons. The lowest BCUT2D eigenvalue weighted by Crippen LogP contribution is -2.34. The Labute approximate surface area is 145 Å². The second-order valence-electron chi connectivity index (χ2n) is 6.11. The number of aliphatic hydroxyl groups is 1. The molecular weight excluding hydrogens is 324 g/mol. The molecule has 1 fully saturated rings. The number of carbonyl (C=O) groups is 1. The number of rotatable bonds is 6. The summed E-state index contributed by atoms with van der Waals surface area (Å²) in [6.07, 6.45) is 1.90. The Balaban J connectivity index is 1.54. The van der Waals surface area contributed by atoms with E-state index in [-0.39, 0.29) is 18.1 Å². The lowest BCUT2D eigenvalue weighted by molar-refractivity contribution is 0.0910. The highest BCUT2D eigenvalue weighted by molar-refractivity contribution is 7.09. The number of aromatic nitrogens is 1. The number of hydrogen-bond donors (Lipinski definition) is 2. The van der Waals surface area contributed by atoms with Crippen molar-refractivity contribution < 1.29 is 14.6 Å². The molecule has 2 heterocycles. The lowest BCUT2D eigenvalue weighted by Gasteiger charge is -2.17. The maximum absolute atomic E-state index is 12.3. The van der Waals surface area contributed by atoms with Crippen LogP contribution in [0, 0.1) is 0 Å². The van der Waals surface area contributed by atoms with Crippen LogP contribution >= 0.6 is 11.3 Å². The zero-order valence-electron chi connectivity index (χ0n) is 13.6. The third-order valence-corrected chi connectivity index (χ3v) is 5.04. The van der Waals surface area contributed by atoms with Crippen molar-refractivity contribution in [2.24, 2.45) is 0 Å². The average molecular weight is 346 g/mol. The minimum absolute atomic E-state index is 0.0360. The largest absolute Gasteiger partial charge is 0.388 e. The zero-order chi connectivity index (χ0) is 16.9. The third kappa shape index (κ3) is 4.20. The number of nitrogens with zero attached hydrogens (tertiary/aromatic N) is 1. The fourth-order valence-electron chi connectivity index (χ4n) is 2.82. The van der Waals surface area contributed by atoms with Crippen LogP contribution in [0.2, 0.25) is 0 Å². The molecule has 1 amide bonds. The summed E-state index contributed by atoms with van der Waals surface area (Å²) in [5.41, 5.74) is 1.28. The van der Waals surface area contributed by atoms with Gasteiger partial charge in [0.15, 0.2) is 0 Å². The number of hydrogen-bond acceptors (Lipinski definition) is 5. The van der Waals surface area contributed by atoms with E-state index < -0.39 is 6.10 Å². The number of aliphatic hydroxyl groups excluding tert-OH is 1. The molecule has 1 aromatic heterocycles. The number of ether oxygens (including phenoxy) is 1. The normalized spacial score (nSPS) is 19.8. The maximum Gasteiger partial charge on any atom is 0.270 e. The average Bonchev–Trinajstić information content (AvgIpc) is 3.26. The van der Waals surface area contributed by atoms with E-state index in [1.165, 1.54) is 11.3 Å². The van der Waals surface area contributed by atoms with Crippen LogP contribution in [0.3, 0.4) is 0 Å². The Morgan fingerprint density at radius 1 is 1.46 bits per heavy atom. The summed E-state index contributed by atoms with van der Waals surface area (Å²) >= 11 is 1.47. The van der Waals surface area contributed by atoms with Crippen molar-refractivity contribution in [3.05, 3.63) is 52.0 Å². The molecule has 3 rings (SSSR count). The van der Waals surface area contributed by atoms with Gasteiger partial charge < -0.3 is 15.2 Å². The van der Waals surface area contributed by atoms with Gasteiger partial charge in [-0.25, -0.2) is 4.98 Å². The van der Waals surface area contributed by atoms with E-state index in [4.69, 9.17) is 4.74 Å². The molecule has 3 unspecified atom stereocenters. The number of carbonyl (C=O) groups excluding carboxylic acids is 1. The van der Waals surface area contributed by atoms with Gasteiger partial charge in [-0.05, 0) is 31.7 Å². The number of amides is 1. The summed E-state index contributed by atoms with van der Waals surface area (Å²) in [6.45, 7) is 2.65. The zero-order valence-corrected chi connectivity index (χ0v) is 14.5. The first-order valence-electron chi connectivity index (χ1n) is 8.24. The van der Waals surface area contributed by atoms with Gasteiger partial charge in [-0.2, -0.15) is 0 Å². The summed E-state index contributed by atoms with van der Waals surface area (Å²) in [7, 11) is 0. The fourth-order valence-corrected chi connectivity index (χ4v) is 3.70. The van der Waals surface area contributed by atoms with Crippen molar-refractivity contribution >= 4 is 17.2 Å². The second-order valence-corrected chi connectivity index (χ2v) is 7.00. The molecule has 1 aliphatic rings. The molecule has 1 saturated heterocycles. The Morgan fingerprint density at radius 3 is 2.96 bits per heavy atom. The Hall–Kier alpha value is -1.76. The Bertz CT molecular complexity index is 668. The molecule has 1 aliphatic heterocycles. The van der Waals surface area contributed by atoms with Gasteiger partial charge in [-0.1, -0.05) is 30.3 Å². The molecule has 24 heavy (non-hydrogen) atoms. The van der Waals surface area contributed by atoms with E-state index in [2.05, 4.69) is 10.3 Å². The van der Waals surface area contributed by atoms with Gasteiger partial charge in [0.25, 0.3) is 5.91 Å². The minimum atomic E-state index is -0.598. The smallest absolute Gasteiger partial charge is 0.270 e.